The molecule has 1 atom stereocenters. The molecule has 2 aromatic carbocycles. The molecule has 6 nitrogen and oxygen atoms in total. The summed E-state index contributed by atoms with van der Waals surface area (Å²) in [6.07, 6.45) is 1.19. The summed E-state index contributed by atoms with van der Waals surface area (Å²) in [5, 5.41) is 0. The van der Waals surface area contributed by atoms with Crippen LogP contribution >= 0.6 is 0 Å². The summed E-state index contributed by atoms with van der Waals surface area (Å²) in [6, 6.07) is 17.7. The highest BCUT2D eigenvalue weighted by molar-refractivity contribution is 5.96. The summed E-state index contributed by atoms with van der Waals surface area (Å²) in [4.78, 5) is 26.1. The minimum absolute atomic E-state index is 0.291. The molecule has 0 bridgehead atoms. The van der Waals surface area contributed by atoms with Crippen molar-refractivity contribution in [1.29, 1.82) is 0 Å². The van der Waals surface area contributed by atoms with Crippen LogP contribution in [0.25, 0.3) is 0 Å². The van der Waals surface area contributed by atoms with Gasteiger partial charge in [-0.2, -0.15) is 0 Å². The number of ether oxygens (including phenoxy) is 1. The van der Waals surface area contributed by atoms with Crippen LogP contribution in [-0.2, 0) is 16.1 Å². The molecule has 2 aromatic rings. The third-order valence-electron chi connectivity index (χ3n) is 3.93. The van der Waals surface area contributed by atoms with E-state index in [4.69, 9.17) is 16.2 Å². The Labute approximate surface area is 153 Å². The smallest absolute Gasteiger partial charge is 0.375 e. The monoisotopic (exact) mass is 355 g/mol. The fourth-order valence-electron chi connectivity index (χ4n) is 2.48. The summed E-state index contributed by atoms with van der Waals surface area (Å²) in [7, 11) is 0. The molecule has 4 N–H and O–H groups in total. The number of benzene rings is 2. The lowest BCUT2D eigenvalue weighted by Gasteiger charge is -2.22. The van der Waals surface area contributed by atoms with Crippen LogP contribution in [0, 0.1) is 0 Å². The first-order chi connectivity index (χ1) is 12.6. The van der Waals surface area contributed by atoms with Crippen LogP contribution < -0.4 is 16.4 Å². The van der Waals surface area contributed by atoms with E-state index in [2.05, 4.69) is 0 Å². The fraction of sp³-hybridized carbons (Fsp3) is 0.300. The number of anilines is 1. The maximum atomic E-state index is 12.6. The summed E-state index contributed by atoms with van der Waals surface area (Å²) in [5.74, 6) is -0.721. The normalized spacial score (nSPS) is 11.6. The van der Waals surface area contributed by atoms with Crippen LogP contribution in [0.5, 0.6) is 0 Å². The highest BCUT2D eigenvalue weighted by Crippen LogP contribution is 2.18. The minimum Gasteiger partial charge on any atom is -0.375 e. The van der Waals surface area contributed by atoms with E-state index in [0.29, 0.717) is 31.6 Å². The molecule has 0 heterocycles. The lowest BCUT2D eigenvalue weighted by Crippen LogP contribution is -2.39. The molecule has 0 aromatic heterocycles. The molecule has 0 aliphatic carbocycles. The number of esters is 1. The molecule has 6 heteroatoms. The van der Waals surface area contributed by atoms with Gasteiger partial charge in [-0.15, -0.1) is 0 Å². The number of para-hydroxylation sites is 1. The molecule has 0 aliphatic rings. The molecule has 0 spiro atoms. The Kier molecular flexibility index (Phi) is 7.79. The number of unbranched alkanes of at least 4 members (excludes halogenated alkanes) is 1. The highest BCUT2D eigenvalue weighted by atomic mass is 16.6. The third kappa shape index (κ3) is 5.98. The third-order valence-corrected chi connectivity index (χ3v) is 3.93. The van der Waals surface area contributed by atoms with Gasteiger partial charge in [-0.3, -0.25) is 4.90 Å². The predicted octanol–water partition coefficient (Wildman–Crippen LogP) is 2.81. The molecule has 2 rings (SSSR count). The standard InChI is InChI=1S/C20H25N3O3/c21-14-8-7-13-18(22)19(24)26-20(25)23(17-11-5-2-6-12-17)15-16-9-3-1-4-10-16/h1-6,9-12,18H,7-8,13-15,21-22H2/t18-/m0/s1. The van der Waals surface area contributed by atoms with Gasteiger partial charge in [0.15, 0.2) is 0 Å². The van der Waals surface area contributed by atoms with Crippen molar-refractivity contribution in [3.8, 4) is 0 Å². The first kappa shape index (κ1) is 19.6. The van der Waals surface area contributed by atoms with Crippen molar-refractivity contribution in [1.82, 2.24) is 0 Å². The van der Waals surface area contributed by atoms with E-state index in [-0.39, 0.29) is 0 Å². The Hall–Kier alpha value is -2.70. The Bertz CT molecular complexity index is 692. The molecule has 0 radical (unpaired) electrons. The van der Waals surface area contributed by atoms with E-state index in [1.807, 2.05) is 48.5 Å². The van der Waals surface area contributed by atoms with Gasteiger partial charge in [0.1, 0.15) is 6.04 Å². The number of rotatable bonds is 8. The second-order valence-electron chi connectivity index (χ2n) is 5.99. The van der Waals surface area contributed by atoms with Crippen LogP contribution in [0.1, 0.15) is 24.8 Å². The number of amides is 1. The Morgan fingerprint density at radius 3 is 2.19 bits per heavy atom. The van der Waals surface area contributed by atoms with E-state index >= 15 is 0 Å². The lowest BCUT2D eigenvalue weighted by atomic mass is 10.1. The maximum absolute atomic E-state index is 12.6. The molecule has 0 aliphatic heterocycles. The van der Waals surface area contributed by atoms with Gasteiger partial charge in [0, 0.05) is 5.69 Å². The molecule has 0 fully saturated rings. The van der Waals surface area contributed by atoms with E-state index < -0.39 is 18.1 Å². The van der Waals surface area contributed by atoms with Crippen molar-refractivity contribution in [2.24, 2.45) is 11.5 Å². The van der Waals surface area contributed by atoms with Crippen molar-refractivity contribution < 1.29 is 14.3 Å². The number of nitrogens with two attached hydrogens (primary N) is 2. The largest absolute Gasteiger partial charge is 0.422 e. The summed E-state index contributed by atoms with van der Waals surface area (Å²) in [6.45, 7) is 0.832. The van der Waals surface area contributed by atoms with Crippen LogP contribution in [0.15, 0.2) is 60.7 Å². The molecule has 0 saturated heterocycles. The molecule has 138 valence electrons. The van der Waals surface area contributed by atoms with Gasteiger partial charge in [-0.05, 0) is 37.1 Å². The zero-order valence-electron chi connectivity index (χ0n) is 14.7. The van der Waals surface area contributed by atoms with Gasteiger partial charge in [0.05, 0.1) is 6.54 Å². The van der Waals surface area contributed by atoms with E-state index in [1.165, 1.54) is 4.90 Å². The van der Waals surface area contributed by atoms with E-state index in [9.17, 15) is 9.59 Å². The van der Waals surface area contributed by atoms with Crippen LogP contribution in [0.4, 0.5) is 10.5 Å². The molecular weight excluding hydrogens is 330 g/mol. The number of nitrogens with zero attached hydrogens (tertiary/aromatic N) is 1. The molecule has 26 heavy (non-hydrogen) atoms. The van der Waals surface area contributed by atoms with Gasteiger partial charge < -0.3 is 16.2 Å². The average molecular weight is 355 g/mol. The van der Waals surface area contributed by atoms with Crippen molar-refractivity contribution in [2.45, 2.75) is 31.8 Å². The van der Waals surface area contributed by atoms with Crippen molar-refractivity contribution in [3.05, 3.63) is 66.2 Å². The van der Waals surface area contributed by atoms with Crippen LogP contribution in [0.2, 0.25) is 0 Å². The Morgan fingerprint density at radius 2 is 1.58 bits per heavy atom. The molecule has 0 unspecified atom stereocenters. The topological polar surface area (TPSA) is 98.6 Å². The first-order valence-corrected chi connectivity index (χ1v) is 8.69. The number of carbonyl (C=O) groups is 2. The Morgan fingerprint density at radius 1 is 0.962 bits per heavy atom. The summed E-state index contributed by atoms with van der Waals surface area (Å²) < 4.78 is 5.02. The number of hydrogen-bond donors (Lipinski definition) is 2. The van der Waals surface area contributed by atoms with Gasteiger partial charge in [-0.1, -0.05) is 55.0 Å². The van der Waals surface area contributed by atoms with Crippen molar-refractivity contribution in [3.63, 3.8) is 0 Å². The fourth-order valence-corrected chi connectivity index (χ4v) is 2.48. The lowest BCUT2D eigenvalue weighted by molar-refractivity contribution is -0.138. The molecule has 0 saturated carbocycles. The zero-order chi connectivity index (χ0) is 18.8. The van der Waals surface area contributed by atoms with Gasteiger partial charge in [0.25, 0.3) is 0 Å². The predicted molar refractivity (Wildman–Crippen MR) is 101 cm³/mol. The highest BCUT2D eigenvalue weighted by Gasteiger charge is 2.24. The Balaban J connectivity index is 2.07. The van der Waals surface area contributed by atoms with Crippen LogP contribution in [-0.4, -0.2) is 24.6 Å². The number of hydrogen-bond acceptors (Lipinski definition) is 5. The zero-order valence-corrected chi connectivity index (χ0v) is 14.7. The second kappa shape index (κ2) is 10.3. The summed E-state index contributed by atoms with van der Waals surface area (Å²) >= 11 is 0. The second-order valence-corrected chi connectivity index (χ2v) is 5.99. The summed E-state index contributed by atoms with van der Waals surface area (Å²) in [5.41, 5.74) is 12.8. The SMILES string of the molecule is NCCCC[C@H](N)C(=O)OC(=O)N(Cc1ccccc1)c1ccccc1. The van der Waals surface area contributed by atoms with E-state index in [1.54, 1.807) is 12.1 Å². The molecular formula is C20H25N3O3. The van der Waals surface area contributed by atoms with Crippen LogP contribution in [0.3, 0.4) is 0 Å². The number of carbonyl (C=O) groups excluding carboxylic acids is 2. The minimum atomic E-state index is -0.833. The van der Waals surface area contributed by atoms with Gasteiger partial charge in [0.2, 0.25) is 0 Å². The molecule has 1 amide bonds. The van der Waals surface area contributed by atoms with Crippen molar-refractivity contribution in [2.75, 3.05) is 11.4 Å². The average Bonchev–Trinajstić information content (AvgIpc) is 2.67. The first-order valence-electron chi connectivity index (χ1n) is 8.69. The quantitative estimate of drug-likeness (QED) is 0.431. The maximum Gasteiger partial charge on any atom is 0.422 e. The van der Waals surface area contributed by atoms with Gasteiger partial charge in [-0.25, -0.2) is 9.59 Å². The van der Waals surface area contributed by atoms with Gasteiger partial charge >= 0.3 is 12.1 Å². The van der Waals surface area contributed by atoms with Crippen molar-refractivity contribution >= 4 is 17.7 Å². The van der Waals surface area contributed by atoms with E-state index in [0.717, 1.165) is 12.0 Å².